The fraction of sp³-hybridized carbons (Fsp3) is 0.625. The molecule has 1 radical (unpaired) electrons. The second-order valence-electron chi connectivity index (χ2n) is 2.47. The molecule has 45 valence electrons. The van der Waals surface area contributed by atoms with E-state index in [4.69, 9.17) is 0 Å². The van der Waals surface area contributed by atoms with E-state index in [-0.39, 0.29) is 0 Å². The molecule has 0 amide bonds. The van der Waals surface area contributed by atoms with Gasteiger partial charge in [-0.05, 0) is 39.0 Å². The Morgan fingerprint density at radius 2 is 2.38 bits per heavy atom. The van der Waals surface area contributed by atoms with Crippen molar-refractivity contribution in [3.8, 4) is 0 Å². The molecule has 0 bridgehead atoms. The average molecular weight is 109 g/mol. The molecule has 0 fully saturated rings. The maximum absolute atomic E-state index is 2.36. The van der Waals surface area contributed by atoms with Gasteiger partial charge in [0.1, 0.15) is 0 Å². The van der Waals surface area contributed by atoms with Crippen molar-refractivity contribution in [3.05, 3.63) is 18.1 Å². The molecule has 0 atom stereocenters. The lowest BCUT2D eigenvalue weighted by Gasteiger charge is -1.91. The molecule has 0 aromatic rings. The first-order valence-electron chi connectivity index (χ1n) is 3.37. The Balaban J connectivity index is 2.36. The second-order valence-corrected chi connectivity index (χ2v) is 2.47. The van der Waals surface area contributed by atoms with E-state index in [1.807, 2.05) is 0 Å². The summed E-state index contributed by atoms with van der Waals surface area (Å²) in [4.78, 5) is 0. The molecule has 0 N–H and O–H groups in total. The summed E-state index contributed by atoms with van der Waals surface area (Å²) < 4.78 is 0. The van der Waals surface area contributed by atoms with Gasteiger partial charge in [0.05, 0.1) is 0 Å². The minimum Gasteiger partial charge on any atom is -0.0853 e. The van der Waals surface area contributed by atoms with Gasteiger partial charge in [0, 0.05) is 0 Å². The molecular weight excluding hydrogens is 96.1 g/mol. The third-order valence-electron chi connectivity index (χ3n) is 1.61. The summed E-state index contributed by atoms with van der Waals surface area (Å²) in [6.45, 7) is 2.22. The molecule has 0 saturated heterocycles. The quantitative estimate of drug-likeness (QED) is 0.419. The SMILES string of the molecule is CC1=CC[CH]CCC1. The number of hydrogen-bond acceptors (Lipinski definition) is 0. The minimum atomic E-state index is 1.20. The van der Waals surface area contributed by atoms with Crippen LogP contribution in [-0.4, -0.2) is 0 Å². The van der Waals surface area contributed by atoms with Crippen molar-refractivity contribution in [3.63, 3.8) is 0 Å². The zero-order chi connectivity index (χ0) is 5.82. The first-order chi connectivity index (χ1) is 3.89. The molecule has 0 aromatic heterocycles. The van der Waals surface area contributed by atoms with Crippen molar-refractivity contribution in [2.75, 3.05) is 0 Å². The van der Waals surface area contributed by atoms with Gasteiger partial charge in [-0.25, -0.2) is 0 Å². The highest BCUT2D eigenvalue weighted by atomic mass is 14.0. The molecule has 0 heterocycles. The van der Waals surface area contributed by atoms with Crippen molar-refractivity contribution in [1.29, 1.82) is 0 Å². The summed E-state index contributed by atoms with van der Waals surface area (Å²) in [6.07, 6.45) is 9.88. The molecule has 0 aliphatic heterocycles. The van der Waals surface area contributed by atoms with Gasteiger partial charge in [0.15, 0.2) is 0 Å². The fourth-order valence-electron chi connectivity index (χ4n) is 1.03. The summed E-state index contributed by atoms with van der Waals surface area (Å²) in [5, 5.41) is 0. The molecule has 0 aromatic carbocycles. The maximum atomic E-state index is 2.36. The predicted octanol–water partition coefficient (Wildman–Crippen LogP) is 2.71. The number of rotatable bonds is 0. The van der Waals surface area contributed by atoms with Gasteiger partial charge in [0.25, 0.3) is 0 Å². The van der Waals surface area contributed by atoms with Gasteiger partial charge in [-0.3, -0.25) is 0 Å². The highest BCUT2D eigenvalue weighted by Crippen LogP contribution is 2.14. The normalized spacial score (nSPS) is 21.9. The van der Waals surface area contributed by atoms with Crippen molar-refractivity contribution >= 4 is 0 Å². The summed E-state index contributed by atoms with van der Waals surface area (Å²) in [6, 6.07) is 0. The van der Waals surface area contributed by atoms with E-state index in [1.165, 1.54) is 25.7 Å². The Morgan fingerprint density at radius 1 is 1.50 bits per heavy atom. The topological polar surface area (TPSA) is 0 Å². The molecule has 0 saturated carbocycles. The fourth-order valence-corrected chi connectivity index (χ4v) is 1.03. The second kappa shape index (κ2) is 2.91. The first kappa shape index (κ1) is 5.87. The molecule has 1 aliphatic rings. The van der Waals surface area contributed by atoms with Crippen LogP contribution in [-0.2, 0) is 0 Å². The lowest BCUT2D eigenvalue weighted by atomic mass is 10.2. The zero-order valence-corrected chi connectivity index (χ0v) is 5.48. The van der Waals surface area contributed by atoms with Crippen LogP contribution >= 0.6 is 0 Å². The summed E-state index contributed by atoms with van der Waals surface area (Å²) in [5.74, 6) is 0. The highest BCUT2D eigenvalue weighted by Gasteiger charge is 1.95. The van der Waals surface area contributed by atoms with Gasteiger partial charge in [-0.2, -0.15) is 0 Å². The minimum absolute atomic E-state index is 1.20. The third-order valence-corrected chi connectivity index (χ3v) is 1.61. The Kier molecular flexibility index (Phi) is 2.13. The van der Waals surface area contributed by atoms with Crippen LogP contribution in [0, 0.1) is 6.42 Å². The van der Waals surface area contributed by atoms with E-state index in [9.17, 15) is 0 Å². The van der Waals surface area contributed by atoms with Crippen LogP contribution in [0.2, 0.25) is 0 Å². The van der Waals surface area contributed by atoms with E-state index in [2.05, 4.69) is 19.4 Å². The van der Waals surface area contributed by atoms with Crippen LogP contribution in [0.5, 0.6) is 0 Å². The smallest absolute Gasteiger partial charge is 0.0317 e. The first-order valence-corrected chi connectivity index (χ1v) is 3.37. The lowest BCUT2D eigenvalue weighted by molar-refractivity contribution is 0.812. The van der Waals surface area contributed by atoms with E-state index in [0.29, 0.717) is 0 Å². The van der Waals surface area contributed by atoms with E-state index in [1.54, 1.807) is 5.57 Å². The van der Waals surface area contributed by atoms with Crippen LogP contribution in [0.1, 0.15) is 32.6 Å². The molecular formula is C8H13. The molecule has 0 unspecified atom stereocenters. The Labute approximate surface area is 51.6 Å². The maximum Gasteiger partial charge on any atom is -0.0317 e. The van der Waals surface area contributed by atoms with Crippen LogP contribution in [0.3, 0.4) is 0 Å². The number of allylic oxidation sites excluding steroid dienone is 2. The average Bonchev–Trinajstić information content (AvgIpc) is 1.94. The predicted molar refractivity (Wildman–Crippen MR) is 36.5 cm³/mol. The molecule has 1 rings (SSSR count). The zero-order valence-electron chi connectivity index (χ0n) is 5.48. The van der Waals surface area contributed by atoms with Gasteiger partial charge in [0.2, 0.25) is 0 Å². The Hall–Kier alpha value is -0.260. The van der Waals surface area contributed by atoms with Crippen molar-refractivity contribution in [2.24, 2.45) is 0 Å². The lowest BCUT2D eigenvalue weighted by Crippen LogP contribution is -1.71. The molecule has 1 aliphatic carbocycles. The largest absolute Gasteiger partial charge is 0.0853 e. The Bertz CT molecular complexity index is 90.2. The Morgan fingerprint density at radius 3 is 3.25 bits per heavy atom. The molecule has 8 heavy (non-hydrogen) atoms. The third kappa shape index (κ3) is 1.69. The van der Waals surface area contributed by atoms with E-state index in [0.717, 1.165) is 0 Å². The molecule has 0 heteroatoms. The van der Waals surface area contributed by atoms with Gasteiger partial charge in [-0.1, -0.05) is 11.6 Å². The van der Waals surface area contributed by atoms with Crippen LogP contribution in [0.4, 0.5) is 0 Å². The van der Waals surface area contributed by atoms with E-state index < -0.39 is 0 Å². The summed E-state index contributed by atoms with van der Waals surface area (Å²) in [5.41, 5.74) is 1.57. The van der Waals surface area contributed by atoms with Crippen molar-refractivity contribution in [2.45, 2.75) is 32.6 Å². The monoisotopic (exact) mass is 109 g/mol. The van der Waals surface area contributed by atoms with Crippen LogP contribution in [0.25, 0.3) is 0 Å². The van der Waals surface area contributed by atoms with Crippen molar-refractivity contribution < 1.29 is 0 Å². The van der Waals surface area contributed by atoms with Gasteiger partial charge >= 0.3 is 0 Å². The highest BCUT2D eigenvalue weighted by molar-refractivity contribution is 5.02. The van der Waals surface area contributed by atoms with Crippen LogP contribution < -0.4 is 0 Å². The van der Waals surface area contributed by atoms with E-state index >= 15 is 0 Å². The molecule has 0 spiro atoms. The number of hydrogen-bond donors (Lipinski definition) is 0. The van der Waals surface area contributed by atoms with Gasteiger partial charge < -0.3 is 0 Å². The standard InChI is InChI=1S/C8H13/c1-8-6-4-2-3-5-7-8/h2,6H,3-5,7H2,1H3. The summed E-state index contributed by atoms with van der Waals surface area (Å²) >= 11 is 0. The van der Waals surface area contributed by atoms with Crippen molar-refractivity contribution in [1.82, 2.24) is 0 Å². The molecule has 0 nitrogen and oxygen atoms in total. The van der Waals surface area contributed by atoms with Crippen LogP contribution in [0.15, 0.2) is 11.6 Å². The van der Waals surface area contributed by atoms with Gasteiger partial charge in [-0.15, -0.1) is 0 Å². The summed E-state index contributed by atoms with van der Waals surface area (Å²) in [7, 11) is 0.